The lowest BCUT2D eigenvalue weighted by atomic mass is 9.87. The first-order valence-electron chi connectivity index (χ1n) is 12.0. The Bertz CT molecular complexity index is 1320. The molecule has 1 saturated heterocycles. The highest BCUT2D eigenvalue weighted by molar-refractivity contribution is 8.01. The number of fused-ring (bicyclic) bond motifs is 2. The van der Waals surface area contributed by atoms with Crippen molar-refractivity contribution < 1.29 is 14.3 Å². The van der Waals surface area contributed by atoms with E-state index in [1.807, 2.05) is 18.2 Å². The molecule has 1 fully saturated rings. The summed E-state index contributed by atoms with van der Waals surface area (Å²) in [5.74, 6) is 1.03. The molecule has 0 saturated carbocycles. The Morgan fingerprint density at radius 3 is 2.39 bits per heavy atom. The van der Waals surface area contributed by atoms with E-state index in [4.69, 9.17) is 16.3 Å². The van der Waals surface area contributed by atoms with Gasteiger partial charge in [-0.05, 0) is 59.0 Å². The smallest absolute Gasteiger partial charge is 0.268 e. The van der Waals surface area contributed by atoms with Gasteiger partial charge in [0.05, 0.1) is 19.3 Å². The van der Waals surface area contributed by atoms with Crippen LogP contribution in [0.4, 0.5) is 5.69 Å². The average molecular weight is 521 g/mol. The minimum absolute atomic E-state index is 0.0538. The van der Waals surface area contributed by atoms with Crippen molar-refractivity contribution in [2.75, 3.05) is 24.3 Å². The molecule has 0 N–H and O–H groups in total. The third-order valence-corrected chi connectivity index (χ3v) is 8.57. The summed E-state index contributed by atoms with van der Waals surface area (Å²) in [6.45, 7) is 7.45. The Hall–Kier alpha value is -2.96. The van der Waals surface area contributed by atoms with Crippen molar-refractivity contribution in [3.05, 3.63) is 94.0 Å². The van der Waals surface area contributed by atoms with Crippen LogP contribution in [-0.2, 0) is 21.6 Å². The highest BCUT2D eigenvalue weighted by Gasteiger charge is 2.59. The Kier molecular flexibility index (Phi) is 6.29. The van der Waals surface area contributed by atoms with E-state index >= 15 is 0 Å². The number of carbonyl (C=O) groups is 2. The summed E-state index contributed by atoms with van der Waals surface area (Å²) >= 11 is 7.56. The summed E-state index contributed by atoms with van der Waals surface area (Å²) in [5, 5.41) is 0.563. The van der Waals surface area contributed by atoms with Crippen LogP contribution in [0.1, 0.15) is 47.8 Å². The average Bonchev–Trinajstić information content (AvgIpc) is 3.40. The highest BCUT2D eigenvalue weighted by atomic mass is 35.5. The molecule has 3 aromatic rings. The van der Waals surface area contributed by atoms with Crippen molar-refractivity contribution in [2.24, 2.45) is 0 Å². The molecule has 2 heterocycles. The molecule has 0 bridgehead atoms. The van der Waals surface area contributed by atoms with E-state index in [1.165, 1.54) is 17.3 Å². The van der Waals surface area contributed by atoms with Crippen molar-refractivity contribution in [3.63, 3.8) is 0 Å². The Balaban J connectivity index is 1.55. The first-order chi connectivity index (χ1) is 17.1. The molecule has 0 unspecified atom stereocenters. The Morgan fingerprint density at radius 1 is 1.06 bits per heavy atom. The van der Waals surface area contributed by atoms with Crippen LogP contribution in [0.15, 0.2) is 66.7 Å². The summed E-state index contributed by atoms with van der Waals surface area (Å²) in [6, 6.07) is 20.9. The topological polar surface area (TPSA) is 49.9 Å². The zero-order valence-corrected chi connectivity index (χ0v) is 22.4. The van der Waals surface area contributed by atoms with E-state index in [1.54, 1.807) is 41.2 Å². The maximum atomic E-state index is 14.3. The first-order valence-corrected chi connectivity index (χ1v) is 13.3. The second-order valence-electron chi connectivity index (χ2n) is 10.2. The van der Waals surface area contributed by atoms with Gasteiger partial charge in [0, 0.05) is 28.4 Å². The SMILES string of the molecule is COc1ccc2c(c1)[C@]1(SCCN1C(=O)c1ccc(Cl)cc1)C(=O)N2Cc1ccc(C(C)(C)C)cc1. The summed E-state index contributed by atoms with van der Waals surface area (Å²) in [7, 11) is 1.61. The Morgan fingerprint density at radius 2 is 1.75 bits per heavy atom. The molecule has 0 aliphatic carbocycles. The lowest BCUT2D eigenvalue weighted by molar-refractivity contribution is -0.123. The van der Waals surface area contributed by atoms with Crippen molar-refractivity contribution in [2.45, 2.75) is 37.6 Å². The van der Waals surface area contributed by atoms with E-state index < -0.39 is 4.87 Å². The summed E-state index contributed by atoms with van der Waals surface area (Å²) in [6.07, 6.45) is 0. The van der Waals surface area contributed by atoms with E-state index in [9.17, 15) is 9.59 Å². The van der Waals surface area contributed by atoms with Gasteiger partial charge in [0.2, 0.25) is 0 Å². The molecule has 2 amide bonds. The number of hydrogen-bond acceptors (Lipinski definition) is 4. The summed E-state index contributed by atoms with van der Waals surface area (Å²) in [4.78, 5) is 30.3. The van der Waals surface area contributed by atoms with Crippen LogP contribution in [0.25, 0.3) is 0 Å². The lowest BCUT2D eigenvalue weighted by Gasteiger charge is -2.33. The molecule has 0 aromatic heterocycles. The minimum atomic E-state index is -1.13. The van der Waals surface area contributed by atoms with Crippen LogP contribution in [-0.4, -0.2) is 36.1 Å². The predicted octanol–water partition coefficient (Wildman–Crippen LogP) is 6.23. The largest absolute Gasteiger partial charge is 0.497 e. The van der Waals surface area contributed by atoms with Gasteiger partial charge in [0.1, 0.15) is 5.75 Å². The van der Waals surface area contributed by atoms with E-state index in [2.05, 4.69) is 45.0 Å². The fourth-order valence-electron chi connectivity index (χ4n) is 4.92. The van der Waals surface area contributed by atoms with E-state index in [-0.39, 0.29) is 17.2 Å². The van der Waals surface area contributed by atoms with Gasteiger partial charge in [-0.3, -0.25) is 9.59 Å². The zero-order chi connectivity index (χ0) is 25.7. The molecule has 2 aliphatic heterocycles. The van der Waals surface area contributed by atoms with Gasteiger partial charge in [-0.2, -0.15) is 0 Å². The molecule has 36 heavy (non-hydrogen) atoms. The summed E-state index contributed by atoms with van der Waals surface area (Å²) < 4.78 is 5.51. The van der Waals surface area contributed by atoms with Crippen LogP contribution >= 0.6 is 23.4 Å². The number of rotatable bonds is 4. The Labute approximate surface area is 221 Å². The second kappa shape index (κ2) is 9.16. The van der Waals surface area contributed by atoms with Gasteiger partial charge in [0.15, 0.2) is 4.87 Å². The molecular weight excluding hydrogens is 492 g/mol. The first kappa shape index (κ1) is 24.7. The molecule has 3 aromatic carbocycles. The molecule has 1 atom stereocenters. The van der Waals surface area contributed by atoms with Gasteiger partial charge in [-0.1, -0.05) is 56.6 Å². The van der Waals surface area contributed by atoms with Crippen molar-refractivity contribution in [3.8, 4) is 5.75 Å². The van der Waals surface area contributed by atoms with Crippen molar-refractivity contribution in [1.29, 1.82) is 0 Å². The van der Waals surface area contributed by atoms with Crippen molar-refractivity contribution in [1.82, 2.24) is 4.90 Å². The predicted molar refractivity (Wildman–Crippen MR) is 146 cm³/mol. The minimum Gasteiger partial charge on any atom is -0.497 e. The number of benzene rings is 3. The van der Waals surface area contributed by atoms with E-state index in [0.717, 1.165) is 16.8 Å². The number of methoxy groups -OCH3 is 1. The number of amides is 2. The highest BCUT2D eigenvalue weighted by Crippen LogP contribution is 2.55. The van der Waals surface area contributed by atoms with Gasteiger partial charge >= 0.3 is 0 Å². The van der Waals surface area contributed by atoms with Crippen LogP contribution in [0.2, 0.25) is 5.02 Å². The van der Waals surface area contributed by atoms with Gasteiger partial charge in [0.25, 0.3) is 11.8 Å². The van der Waals surface area contributed by atoms with Gasteiger partial charge in [-0.25, -0.2) is 0 Å². The number of carbonyl (C=O) groups excluding carboxylic acids is 2. The molecule has 1 spiro atoms. The number of halogens is 1. The molecular formula is C29H29ClN2O3S. The molecule has 186 valence electrons. The van der Waals surface area contributed by atoms with Crippen LogP contribution in [0.3, 0.4) is 0 Å². The fourth-order valence-corrected chi connectivity index (χ4v) is 6.50. The maximum Gasteiger partial charge on any atom is 0.268 e. The fraction of sp³-hybridized carbons (Fsp3) is 0.310. The van der Waals surface area contributed by atoms with Crippen LogP contribution in [0.5, 0.6) is 5.75 Å². The van der Waals surface area contributed by atoms with Crippen molar-refractivity contribution >= 4 is 40.9 Å². The third kappa shape index (κ3) is 4.06. The molecule has 0 radical (unpaired) electrons. The number of anilines is 1. The molecule has 2 aliphatic rings. The summed E-state index contributed by atoms with van der Waals surface area (Å²) in [5.41, 5.74) is 4.44. The normalized spacial score (nSPS) is 19.2. The van der Waals surface area contributed by atoms with Crippen LogP contribution in [0, 0.1) is 0 Å². The molecule has 5 rings (SSSR count). The third-order valence-electron chi connectivity index (χ3n) is 6.90. The maximum absolute atomic E-state index is 14.3. The molecule has 5 nitrogen and oxygen atoms in total. The number of hydrogen-bond donors (Lipinski definition) is 0. The second-order valence-corrected chi connectivity index (χ2v) is 11.9. The number of ether oxygens (including phenoxy) is 1. The van der Waals surface area contributed by atoms with Crippen LogP contribution < -0.4 is 9.64 Å². The molecule has 7 heteroatoms. The van der Waals surface area contributed by atoms with Gasteiger partial charge in [-0.15, -0.1) is 11.8 Å². The lowest BCUT2D eigenvalue weighted by Crippen LogP contribution is -2.50. The zero-order valence-electron chi connectivity index (χ0n) is 20.9. The number of thioether (sulfide) groups is 1. The standard InChI is InChI=1S/C29H29ClN2O3S/c1-28(2,3)21-9-5-19(6-10-21)18-31-25-14-13-23(35-4)17-24(25)29(27(31)34)32(15-16-36-29)26(33)20-7-11-22(30)12-8-20/h5-14,17H,15-16,18H2,1-4H3/t29-/m0/s1. The van der Waals surface area contributed by atoms with E-state index in [0.29, 0.717) is 35.2 Å². The van der Waals surface area contributed by atoms with Gasteiger partial charge < -0.3 is 14.5 Å². The quantitative estimate of drug-likeness (QED) is 0.409. The monoisotopic (exact) mass is 520 g/mol. The number of nitrogens with zero attached hydrogens (tertiary/aromatic N) is 2.